The van der Waals surface area contributed by atoms with E-state index in [0.717, 1.165) is 12.8 Å². The maximum atomic E-state index is 12.8. The first-order chi connectivity index (χ1) is 9.91. The molecule has 118 valence electrons. The molecule has 7 heteroatoms. The highest BCUT2D eigenvalue weighted by Crippen LogP contribution is 2.34. The van der Waals surface area contributed by atoms with Crippen LogP contribution in [0.15, 0.2) is 17.0 Å². The normalized spacial score (nSPS) is 16.2. The Morgan fingerprint density at radius 1 is 1.33 bits per heavy atom. The average Bonchev–Trinajstić information content (AvgIpc) is 2.37. The van der Waals surface area contributed by atoms with E-state index in [1.54, 1.807) is 0 Å². The van der Waals surface area contributed by atoms with Crippen molar-refractivity contribution in [1.82, 2.24) is 4.31 Å². The Morgan fingerprint density at radius 2 is 2.00 bits per heavy atom. The van der Waals surface area contributed by atoms with Gasteiger partial charge in [0.2, 0.25) is 10.0 Å². The van der Waals surface area contributed by atoms with Crippen LogP contribution >= 0.6 is 23.2 Å². The third-order valence-electron chi connectivity index (χ3n) is 3.97. The first-order valence-corrected chi connectivity index (χ1v) is 9.19. The van der Waals surface area contributed by atoms with Crippen LogP contribution in [0.2, 0.25) is 10.0 Å². The van der Waals surface area contributed by atoms with E-state index in [4.69, 9.17) is 23.2 Å². The second-order valence-electron chi connectivity index (χ2n) is 5.25. The maximum absolute atomic E-state index is 12.8. The summed E-state index contributed by atoms with van der Waals surface area (Å²) in [5, 5.41) is 9.58. The van der Waals surface area contributed by atoms with Crippen molar-refractivity contribution in [3.63, 3.8) is 0 Å². The van der Waals surface area contributed by atoms with Crippen LogP contribution in [0.25, 0.3) is 0 Å². The van der Waals surface area contributed by atoms with Crippen LogP contribution in [0, 0.1) is 5.92 Å². The van der Waals surface area contributed by atoms with Gasteiger partial charge in [-0.3, -0.25) is 0 Å². The first kappa shape index (κ1) is 17.0. The van der Waals surface area contributed by atoms with E-state index in [9.17, 15) is 13.5 Å². The van der Waals surface area contributed by atoms with Gasteiger partial charge in [-0.2, -0.15) is 4.31 Å². The molecule has 0 aromatic heterocycles. The van der Waals surface area contributed by atoms with Gasteiger partial charge in [0.05, 0.1) is 11.6 Å². The van der Waals surface area contributed by atoms with Crippen LogP contribution in [-0.2, 0) is 16.6 Å². The van der Waals surface area contributed by atoms with Crippen LogP contribution < -0.4 is 0 Å². The fourth-order valence-corrected chi connectivity index (χ4v) is 4.82. The van der Waals surface area contributed by atoms with E-state index in [1.165, 1.54) is 22.9 Å². The molecule has 0 heterocycles. The van der Waals surface area contributed by atoms with Gasteiger partial charge < -0.3 is 5.11 Å². The second-order valence-corrected chi connectivity index (χ2v) is 7.94. The molecule has 0 aliphatic heterocycles. The molecular weight excluding hydrogens is 333 g/mol. The number of nitrogens with zero attached hydrogens (tertiary/aromatic N) is 1. The minimum atomic E-state index is -3.67. The van der Waals surface area contributed by atoms with Crippen molar-refractivity contribution in [2.45, 2.75) is 37.7 Å². The molecular formula is C14H19Cl2NO3S. The molecule has 1 aromatic carbocycles. The number of aliphatic hydroxyl groups excluding tert-OH is 1. The minimum absolute atomic E-state index is 0.0112. The van der Waals surface area contributed by atoms with Crippen LogP contribution in [0.1, 0.15) is 31.7 Å². The Kier molecular flexibility index (Phi) is 5.54. The van der Waals surface area contributed by atoms with Crippen molar-refractivity contribution in [1.29, 1.82) is 0 Å². The molecule has 0 amide bonds. The minimum Gasteiger partial charge on any atom is -0.392 e. The Hall–Kier alpha value is -0.330. The lowest BCUT2D eigenvalue weighted by Crippen LogP contribution is -2.37. The molecule has 1 saturated carbocycles. The molecule has 1 fully saturated rings. The van der Waals surface area contributed by atoms with Gasteiger partial charge in [0.15, 0.2) is 0 Å². The molecule has 0 atom stereocenters. The van der Waals surface area contributed by atoms with Crippen molar-refractivity contribution >= 4 is 33.2 Å². The summed E-state index contributed by atoms with van der Waals surface area (Å²) in [5.74, 6) is 0.433. The smallest absolute Gasteiger partial charge is 0.244 e. The Morgan fingerprint density at radius 3 is 2.48 bits per heavy atom. The molecule has 0 radical (unpaired) electrons. The molecule has 0 saturated heterocycles. The standard InChI is InChI=1S/C14H19Cl2NO3S/c1-2-17(8-10-4-3-5-10)21(19,20)13-7-6-12(15)11(9-18)14(13)16/h6-7,10,18H,2-5,8-9H2,1H3. The molecule has 1 N–H and O–H groups in total. The van der Waals surface area contributed by atoms with E-state index in [0.29, 0.717) is 19.0 Å². The number of rotatable bonds is 6. The summed E-state index contributed by atoms with van der Waals surface area (Å²) < 4.78 is 27.0. The van der Waals surface area contributed by atoms with Crippen molar-refractivity contribution in [3.8, 4) is 0 Å². The van der Waals surface area contributed by atoms with Crippen molar-refractivity contribution in [3.05, 3.63) is 27.7 Å². The first-order valence-electron chi connectivity index (χ1n) is 6.99. The summed E-state index contributed by atoms with van der Waals surface area (Å²) in [4.78, 5) is 0.0128. The number of halogens is 2. The average molecular weight is 352 g/mol. The molecule has 2 rings (SSSR count). The SMILES string of the molecule is CCN(CC1CCC1)S(=O)(=O)c1ccc(Cl)c(CO)c1Cl. The van der Waals surface area contributed by atoms with Crippen LogP contribution in [-0.4, -0.2) is 30.9 Å². The Balaban J connectivity index is 2.37. The van der Waals surface area contributed by atoms with Crippen molar-refractivity contribution in [2.75, 3.05) is 13.1 Å². The fraction of sp³-hybridized carbons (Fsp3) is 0.571. The molecule has 0 unspecified atom stereocenters. The van der Waals surface area contributed by atoms with Crippen molar-refractivity contribution < 1.29 is 13.5 Å². The highest BCUT2D eigenvalue weighted by atomic mass is 35.5. The molecule has 0 bridgehead atoms. The van der Waals surface area contributed by atoms with E-state index in [2.05, 4.69) is 0 Å². The van der Waals surface area contributed by atoms with Gasteiger partial charge in [0.1, 0.15) is 4.90 Å². The lowest BCUT2D eigenvalue weighted by Gasteiger charge is -2.31. The molecule has 4 nitrogen and oxygen atoms in total. The zero-order valence-electron chi connectivity index (χ0n) is 11.8. The third kappa shape index (κ3) is 3.37. The van der Waals surface area contributed by atoms with Gasteiger partial charge in [-0.25, -0.2) is 8.42 Å². The monoisotopic (exact) mass is 351 g/mol. The van der Waals surface area contributed by atoms with Crippen LogP contribution in [0.4, 0.5) is 0 Å². The number of benzene rings is 1. The second kappa shape index (κ2) is 6.84. The van der Waals surface area contributed by atoms with Gasteiger partial charge in [-0.15, -0.1) is 0 Å². The molecule has 1 aliphatic carbocycles. The molecule has 21 heavy (non-hydrogen) atoms. The van der Waals surface area contributed by atoms with Crippen molar-refractivity contribution in [2.24, 2.45) is 5.92 Å². The van der Waals surface area contributed by atoms with E-state index in [1.807, 2.05) is 6.92 Å². The van der Waals surface area contributed by atoms with Gasteiger partial charge in [0, 0.05) is 23.7 Å². The number of hydrogen-bond acceptors (Lipinski definition) is 3. The van der Waals surface area contributed by atoms with E-state index < -0.39 is 16.6 Å². The largest absolute Gasteiger partial charge is 0.392 e. The lowest BCUT2D eigenvalue weighted by atomic mass is 9.85. The Bertz CT molecular complexity index is 615. The summed E-state index contributed by atoms with van der Waals surface area (Å²) in [6.45, 7) is 2.33. The zero-order chi connectivity index (χ0) is 15.6. The fourth-order valence-electron chi connectivity index (χ4n) is 2.42. The van der Waals surface area contributed by atoms with Gasteiger partial charge >= 0.3 is 0 Å². The number of hydrogen-bond donors (Lipinski definition) is 1. The molecule has 1 aromatic rings. The topological polar surface area (TPSA) is 57.6 Å². The molecule has 1 aliphatic rings. The summed E-state index contributed by atoms with van der Waals surface area (Å²) in [6, 6.07) is 2.87. The summed E-state index contributed by atoms with van der Waals surface area (Å²) in [7, 11) is -3.67. The summed E-state index contributed by atoms with van der Waals surface area (Å²) in [5.41, 5.74) is 0.249. The molecule has 0 spiro atoms. The highest BCUT2D eigenvalue weighted by molar-refractivity contribution is 7.89. The van der Waals surface area contributed by atoms with E-state index >= 15 is 0 Å². The third-order valence-corrected chi connectivity index (χ3v) is 6.85. The van der Waals surface area contributed by atoms with Gasteiger partial charge in [-0.05, 0) is 30.9 Å². The van der Waals surface area contributed by atoms with Crippen LogP contribution in [0.5, 0.6) is 0 Å². The zero-order valence-corrected chi connectivity index (χ0v) is 14.2. The van der Waals surface area contributed by atoms with Gasteiger partial charge in [0.25, 0.3) is 0 Å². The lowest BCUT2D eigenvalue weighted by molar-refractivity contribution is 0.250. The quantitative estimate of drug-likeness (QED) is 0.855. The maximum Gasteiger partial charge on any atom is 0.244 e. The predicted octanol–water partition coefficient (Wildman–Crippen LogP) is 3.30. The van der Waals surface area contributed by atoms with Crippen LogP contribution in [0.3, 0.4) is 0 Å². The summed E-state index contributed by atoms with van der Waals surface area (Å²) >= 11 is 12.1. The number of sulfonamides is 1. The number of aliphatic hydroxyl groups is 1. The predicted molar refractivity (Wildman–Crippen MR) is 84.2 cm³/mol. The summed E-state index contributed by atoms with van der Waals surface area (Å²) in [6.07, 6.45) is 3.31. The highest BCUT2D eigenvalue weighted by Gasteiger charge is 2.30. The van der Waals surface area contributed by atoms with Gasteiger partial charge in [-0.1, -0.05) is 36.5 Å². The van der Waals surface area contributed by atoms with E-state index in [-0.39, 0.29) is 20.5 Å². The Labute approximate surface area is 135 Å².